The van der Waals surface area contributed by atoms with Crippen LogP contribution in [-0.2, 0) is 0 Å². The van der Waals surface area contributed by atoms with Gasteiger partial charge in [-0.2, -0.15) is 0 Å². The van der Waals surface area contributed by atoms with Gasteiger partial charge in [0, 0.05) is 18.0 Å². The van der Waals surface area contributed by atoms with Crippen LogP contribution in [0.2, 0.25) is 0 Å². The Morgan fingerprint density at radius 3 is 2.48 bits per heavy atom. The molecule has 1 atom stereocenters. The van der Waals surface area contributed by atoms with Gasteiger partial charge >= 0.3 is 0 Å². The van der Waals surface area contributed by atoms with E-state index in [4.69, 9.17) is 10.5 Å². The molecule has 0 saturated carbocycles. The minimum atomic E-state index is 0.164. The molecule has 2 aromatic carbocycles. The highest BCUT2D eigenvalue weighted by Crippen LogP contribution is 2.38. The average molecular weight is 304 g/mol. The van der Waals surface area contributed by atoms with Crippen LogP contribution < -0.4 is 15.8 Å². The first-order valence-corrected chi connectivity index (χ1v) is 7.48. The van der Waals surface area contributed by atoms with E-state index in [1.54, 1.807) is 0 Å². The van der Waals surface area contributed by atoms with Gasteiger partial charge in [-0.05, 0) is 29.8 Å². The summed E-state index contributed by atoms with van der Waals surface area (Å²) in [7, 11) is 0. The zero-order chi connectivity index (χ0) is 15.6. The van der Waals surface area contributed by atoms with Crippen LogP contribution >= 0.6 is 0 Å². The molecule has 1 aromatic heterocycles. The number of aromatic nitrogens is 2. The number of ether oxygens (including phenoxy) is 1. The standard InChI is InChI=1S/C18H16N4O/c19-17-16-15(10-20-18(16)22-11-21-17)12-6-8-14(9-7-12)23-13-4-2-1-3-5-13/h1-9,11,15H,10H2,(H3,19,20,21,22). The number of nitrogens with one attached hydrogen (secondary N) is 1. The first kappa shape index (κ1) is 13.6. The highest BCUT2D eigenvalue weighted by molar-refractivity contribution is 5.64. The topological polar surface area (TPSA) is 73.1 Å². The first-order valence-electron chi connectivity index (χ1n) is 7.48. The van der Waals surface area contributed by atoms with Crippen molar-refractivity contribution in [1.29, 1.82) is 0 Å². The molecule has 1 unspecified atom stereocenters. The van der Waals surface area contributed by atoms with Crippen molar-refractivity contribution in [1.82, 2.24) is 9.97 Å². The number of benzene rings is 2. The summed E-state index contributed by atoms with van der Waals surface area (Å²) in [4.78, 5) is 8.34. The molecule has 1 aliphatic heterocycles. The van der Waals surface area contributed by atoms with Gasteiger partial charge in [-0.3, -0.25) is 0 Å². The summed E-state index contributed by atoms with van der Waals surface area (Å²) in [5.41, 5.74) is 8.16. The Kier molecular flexibility index (Phi) is 3.31. The number of anilines is 2. The van der Waals surface area contributed by atoms with Crippen molar-refractivity contribution in [2.24, 2.45) is 0 Å². The number of nitrogen functional groups attached to an aromatic ring is 1. The molecular formula is C18H16N4O. The van der Waals surface area contributed by atoms with Crippen molar-refractivity contribution in [2.75, 3.05) is 17.6 Å². The van der Waals surface area contributed by atoms with Gasteiger partial charge in [0.15, 0.2) is 0 Å². The maximum Gasteiger partial charge on any atom is 0.135 e. The van der Waals surface area contributed by atoms with Crippen LogP contribution in [0.5, 0.6) is 11.5 Å². The molecule has 23 heavy (non-hydrogen) atoms. The van der Waals surface area contributed by atoms with Crippen LogP contribution in [0.3, 0.4) is 0 Å². The monoisotopic (exact) mass is 304 g/mol. The summed E-state index contributed by atoms with van der Waals surface area (Å²) in [6, 6.07) is 17.8. The van der Waals surface area contributed by atoms with Gasteiger partial charge in [0.05, 0.1) is 0 Å². The van der Waals surface area contributed by atoms with Crippen LogP contribution in [0.25, 0.3) is 0 Å². The fourth-order valence-electron chi connectivity index (χ4n) is 2.87. The van der Waals surface area contributed by atoms with E-state index in [0.717, 1.165) is 35.0 Å². The average Bonchev–Trinajstić information content (AvgIpc) is 3.02. The molecule has 1 aliphatic rings. The highest BCUT2D eigenvalue weighted by atomic mass is 16.5. The summed E-state index contributed by atoms with van der Waals surface area (Å²) < 4.78 is 5.82. The number of nitrogens with two attached hydrogens (primary N) is 1. The van der Waals surface area contributed by atoms with E-state index in [-0.39, 0.29) is 5.92 Å². The lowest BCUT2D eigenvalue weighted by molar-refractivity contribution is 0.482. The Morgan fingerprint density at radius 2 is 1.70 bits per heavy atom. The predicted molar refractivity (Wildman–Crippen MR) is 89.7 cm³/mol. The third-order valence-electron chi connectivity index (χ3n) is 4.00. The second-order valence-corrected chi connectivity index (χ2v) is 5.44. The van der Waals surface area contributed by atoms with Crippen LogP contribution in [0.15, 0.2) is 60.9 Å². The Hall–Kier alpha value is -3.08. The summed E-state index contributed by atoms with van der Waals surface area (Å²) in [6.45, 7) is 0.775. The van der Waals surface area contributed by atoms with Crippen molar-refractivity contribution in [3.05, 3.63) is 72.1 Å². The van der Waals surface area contributed by atoms with E-state index in [0.29, 0.717) is 5.82 Å². The second kappa shape index (κ2) is 5.61. The van der Waals surface area contributed by atoms with Gasteiger partial charge in [-0.25, -0.2) is 9.97 Å². The molecule has 0 aliphatic carbocycles. The zero-order valence-corrected chi connectivity index (χ0v) is 12.4. The number of hydrogen-bond donors (Lipinski definition) is 2. The number of para-hydroxylation sites is 1. The third-order valence-corrected chi connectivity index (χ3v) is 4.00. The fourth-order valence-corrected chi connectivity index (χ4v) is 2.87. The van der Waals surface area contributed by atoms with Gasteiger partial charge in [-0.15, -0.1) is 0 Å². The Morgan fingerprint density at radius 1 is 0.957 bits per heavy atom. The summed E-state index contributed by atoms with van der Waals surface area (Å²) in [5, 5.41) is 3.28. The number of rotatable bonds is 3. The lowest BCUT2D eigenvalue weighted by Gasteiger charge is -2.12. The van der Waals surface area contributed by atoms with Crippen molar-refractivity contribution in [2.45, 2.75) is 5.92 Å². The van der Waals surface area contributed by atoms with Gasteiger partial charge in [0.2, 0.25) is 0 Å². The Bertz CT molecular complexity index is 818. The van der Waals surface area contributed by atoms with Gasteiger partial charge in [0.25, 0.3) is 0 Å². The van der Waals surface area contributed by atoms with Gasteiger partial charge in [0.1, 0.15) is 29.5 Å². The Balaban J connectivity index is 1.58. The molecule has 3 aromatic rings. The predicted octanol–water partition coefficient (Wildman–Crippen LogP) is 3.41. The lowest BCUT2D eigenvalue weighted by Crippen LogP contribution is -2.05. The highest BCUT2D eigenvalue weighted by Gasteiger charge is 2.27. The van der Waals surface area contributed by atoms with Crippen molar-refractivity contribution in [3.63, 3.8) is 0 Å². The largest absolute Gasteiger partial charge is 0.457 e. The molecule has 3 N–H and O–H groups in total. The lowest BCUT2D eigenvalue weighted by atomic mass is 9.94. The first-order chi connectivity index (χ1) is 11.3. The summed E-state index contributed by atoms with van der Waals surface area (Å²) in [6.07, 6.45) is 1.49. The van der Waals surface area contributed by atoms with Crippen LogP contribution in [0.4, 0.5) is 11.6 Å². The van der Waals surface area contributed by atoms with Crippen LogP contribution in [0, 0.1) is 0 Å². The third kappa shape index (κ3) is 2.57. The Labute approximate surface area is 134 Å². The maximum atomic E-state index is 6.02. The number of nitrogens with zero attached hydrogens (tertiary/aromatic N) is 2. The summed E-state index contributed by atoms with van der Waals surface area (Å²) >= 11 is 0. The van der Waals surface area contributed by atoms with Crippen molar-refractivity contribution >= 4 is 11.6 Å². The van der Waals surface area contributed by atoms with E-state index >= 15 is 0 Å². The van der Waals surface area contributed by atoms with E-state index in [1.165, 1.54) is 6.33 Å². The maximum absolute atomic E-state index is 6.02. The normalized spacial score (nSPS) is 15.7. The molecule has 5 heteroatoms. The fraction of sp³-hybridized carbons (Fsp3) is 0.111. The van der Waals surface area contributed by atoms with Crippen LogP contribution in [-0.4, -0.2) is 16.5 Å². The van der Waals surface area contributed by atoms with Gasteiger partial charge in [-0.1, -0.05) is 30.3 Å². The molecule has 0 radical (unpaired) electrons. The molecule has 0 spiro atoms. The van der Waals surface area contributed by atoms with Crippen molar-refractivity contribution in [3.8, 4) is 11.5 Å². The van der Waals surface area contributed by atoms with E-state index in [9.17, 15) is 0 Å². The molecule has 0 amide bonds. The molecule has 0 saturated heterocycles. The zero-order valence-electron chi connectivity index (χ0n) is 12.4. The second-order valence-electron chi connectivity index (χ2n) is 5.44. The van der Waals surface area contributed by atoms with Crippen LogP contribution in [0.1, 0.15) is 17.0 Å². The minimum Gasteiger partial charge on any atom is -0.457 e. The number of fused-ring (bicyclic) bond motifs is 1. The molecule has 114 valence electrons. The number of hydrogen-bond acceptors (Lipinski definition) is 5. The quantitative estimate of drug-likeness (QED) is 0.775. The minimum absolute atomic E-state index is 0.164. The van der Waals surface area contributed by atoms with E-state index < -0.39 is 0 Å². The van der Waals surface area contributed by atoms with E-state index in [1.807, 2.05) is 42.5 Å². The molecule has 0 fully saturated rings. The van der Waals surface area contributed by atoms with E-state index in [2.05, 4.69) is 27.4 Å². The summed E-state index contributed by atoms with van der Waals surface area (Å²) in [5.74, 6) is 3.16. The SMILES string of the molecule is Nc1ncnc2c1C(c1ccc(Oc3ccccc3)cc1)CN2. The molecule has 5 nitrogen and oxygen atoms in total. The smallest absolute Gasteiger partial charge is 0.135 e. The molecule has 0 bridgehead atoms. The molecule has 4 rings (SSSR count). The molecular weight excluding hydrogens is 288 g/mol. The van der Waals surface area contributed by atoms with Gasteiger partial charge < -0.3 is 15.8 Å². The molecule has 2 heterocycles. The van der Waals surface area contributed by atoms with Crippen molar-refractivity contribution < 1.29 is 4.74 Å².